The molecular formula is C14H19N3O4S. The average molecular weight is 325 g/mol. The zero-order chi connectivity index (χ0) is 16.4. The van der Waals surface area contributed by atoms with Gasteiger partial charge in [-0.25, -0.2) is 0 Å². The van der Waals surface area contributed by atoms with Crippen LogP contribution in [-0.2, 0) is 9.59 Å². The number of para-hydroxylation sites is 2. The monoisotopic (exact) mass is 325 g/mol. The number of aliphatic carboxylic acids is 1. The van der Waals surface area contributed by atoms with Gasteiger partial charge in [0, 0.05) is 12.2 Å². The van der Waals surface area contributed by atoms with E-state index in [2.05, 4.69) is 10.3 Å². The number of hydrogen-bond donors (Lipinski definition) is 3. The first-order valence-corrected chi connectivity index (χ1v) is 7.59. The van der Waals surface area contributed by atoms with E-state index in [1.807, 2.05) is 0 Å². The van der Waals surface area contributed by atoms with Gasteiger partial charge in [-0.15, -0.1) is 0 Å². The topological polar surface area (TPSA) is 114 Å². The van der Waals surface area contributed by atoms with Crippen molar-refractivity contribution in [3.63, 3.8) is 0 Å². The average Bonchev–Trinajstić information content (AvgIpc) is 2.97. The van der Waals surface area contributed by atoms with Crippen LogP contribution in [0.5, 0.6) is 5.75 Å². The summed E-state index contributed by atoms with van der Waals surface area (Å²) < 4.78 is 5.04. The van der Waals surface area contributed by atoms with Crippen LogP contribution < -0.4 is 15.8 Å². The highest BCUT2D eigenvalue weighted by molar-refractivity contribution is 8.14. The summed E-state index contributed by atoms with van der Waals surface area (Å²) in [6, 6.07) is 6.95. The highest BCUT2D eigenvalue weighted by atomic mass is 32.2. The van der Waals surface area contributed by atoms with Gasteiger partial charge in [-0.3, -0.25) is 14.6 Å². The number of benzene rings is 1. The molecule has 22 heavy (non-hydrogen) atoms. The van der Waals surface area contributed by atoms with Crippen LogP contribution in [0.1, 0.15) is 12.8 Å². The number of nitrogens with zero attached hydrogens (tertiary/aromatic N) is 1. The molecule has 0 spiro atoms. The Morgan fingerprint density at radius 3 is 2.64 bits per heavy atom. The highest BCUT2D eigenvalue weighted by Crippen LogP contribution is 2.23. The van der Waals surface area contributed by atoms with Crippen LogP contribution in [-0.4, -0.2) is 41.6 Å². The van der Waals surface area contributed by atoms with E-state index in [1.165, 1.54) is 7.11 Å². The van der Waals surface area contributed by atoms with Gasteiger partial charge in [0.1, 0.15) is 5.75 Å². The third-order valence-electron chi connectivity index (χ3n) is 2.56. The van der Waals surface area contributed by atoms with Crippen LogP contribution in [0.25, 0.3) is 0 Å². The lowest BCUT2D eigenvalue weighted by Crippen LogP contribution is -2.13. The number of carbonyl (C=O) groups excluding carboxylic acids is 1. The molecule has 120 valence electrons. The molecule has 0 aliphatic carbocycles. The Kier molecular flexibility index (Phi) is 7.84. The SMILES string of the molecule is COc1ccccc1NC(=O)CCC(=O)O.NC1=NCCS1. The molecule has 1 aliphatic heterocycles. The molecule has 0 aromatic heterocycles. The summed E-state index contributed by atoms with van der Waals surface area (Å²) in [4.78, 5) is 25.5. The molecule has 0 saturated heterocycles. The molecular weight excluding hydrogens is 306 g/mol. The number of thioether (sulfide) groups is 1. The van der Waals surface area contributed by atoms with Crippen molar-refractivity contribution in [2.75, 3.05) is 24.7 Å². The van der Waals surface area contributed by atoms with Crippen molar-refractivity contribution < 1.29 is 19.4 Å². The number of carboxylic acids is 1. The molecule has 0 radical (unpaired) electrons. The largest absolute Gasteiger partial charge is 0.495 e. The second-order valence-corrected chi connectivity index (χ2v) is 5.33. The molecule has 2 rings (SSSR count). The van der Waals surface area contributed by atoms with E-state index >= 15 is 0 Å². The van der Waals surface area contributed by atoms with Gasteiger partial charge >= 0.3 is 5.97 Å². The van der Waals surface area contributed by atoms with Gasteiger partial charge in [0.15, 0.2) is 5.17 Å². The van der Waals surface area contributed by atoms with Crippen molar-refractivity contribution in [3.8, 4) is 5.75 Å². The number of aliphatic imine (C=N–C) groups is 1. The molecule has 0 atom stereocenters. The molecule has 4 N–H and O–H groups in total. The first kappa shape index (κ1) is 17.8. The van der Waals surface area contributed by atoms with E-state index in [-0.39, 0.29) is 18.7 Å². The molecule has 1 aromatic rings. The predicted octanol–water partition coefficient (Wildman–Crippen LogP) is 1.55. The molecule has 8 heteroatoms. The summed E-state index contributed by atoms with van der Waals surface area (Å²) in [5.41, 5.74) is 5.79. The fraction of sp³-hybridized carbons (Fsp3) is 0.357. The minimum atomic E-state index is -0.991. The van der Waals surface area contributed by atoms with Crippen LogP contribution in [0.3, 0.4) is 0 Å². The molecule has 1 aliphatic rings. The van der Waals surface area contributed by atoms with E-state index in [4.69, 9.17) is 15.6 Å². The first-order chi connectivity index (χ1) is 10.5. The lowest BCUT2D eigenvalue weighted by atomic mass is 10.2. The molecule has 0 saturated carbocycles. The summed E-state index contributed by atoms with van der Waals surface area (Å²) in [6.07, 6.45) is -0.228. The second kappa shape index (κ2) is 9.67. The van der Waals surface area contributed by atoms with Crippen LogP contribution >= 0.6 is 11.8 Å². The predicted molar refractivity (Wildman–Crippen MR) is 87.4 cm³/mol. The maximum Gasteiger partial charge on any atom is 0.303 e. The third kappa shape index (κ3) is 6.98. The fourth-order valence-corrected chi connectivity index (χ4v) is 2.11. The zero-order valence-electron chi connectivity index (χ0n) is 12.2. The van der Waals surface area contributed by atoms with Gasteiger partial charge in [-0.1, -0.05) is 23.9 Å². The van der Waals surface area contributed by atoms with Crippen molar-refractivity contribution in [2.24, 2.45) is 10.7 Å². The number of carbonyl (C=O) groups is 2. The Bertz CT molecular complexity index is 549. The van der Waals surface area contributed by atoms with Crippen LogP contribution in [0.4, 0.5) is 5.69 Å². The number of anilines is 1. The van der Waals surface area contributed by atoms with Crippen molar-refractivity contribution in [1.29, 1.82) is 0 Å². The number of amides is 1. The van der Waals surface area contributed by atoms with Gasteiger partial charge in [0.2, 0.25) is 5.91 Å². The summed E-state index contributed by atoms with van der Waals surface area (Å²) in [5.74, 6) is 0.291. The van der Waals surface area contributed by atoms with Crippen molar-refractivity contribution in [1.82, 2.24) is 0 Å². The normalized spacial score (nSPS) is 12.7. The number of hydrogen-bond acceptors (Lipinski definition) is 6. The Hall–Kier alpha value is -2.22. The Labute approximate surface area is 132 Å². The molecule has 1 amide bonds. The maximum absolute atomic E-state index is 11.4. The lowest BCUT2D eigenvalue weighted by molar-refractivity contribution is -0.138. The summed E-state index contributed by atoms with van der Waals surface area (Å²) >= 11 is 1.62. The minimum absolute atomic E-state index is 0.0482. The van der Waals surface area contributed by atoms with E-state index in [1.54, 1.807) is 36.0 Å². The van der Waals surface area contributed by atoms with Crippen molar-refractivity contribution >= 4 is 34.5 Å². The van der Waals surface area contributed by atoms with E-state index in [9.17, 15) is 9.59 Å². The van der Waals surface area contributed by atoms with Crippen molar-refractivity contribution in [3.05, 3.63) is 24.3 Å². The van der Waals surface area contributed by atoms with Gasteiger partial charge in [0.05, 0.1) is 25.8 Å². The smallest absolute Gasteiger partial charge is 0.303 e. The number of amidine groups is 1. The van der Waals surface area contributed by atoms with Crippen molar-refractivity contribution in [2.45, 2.75) is 12.8 Å². The van der Waals surface area contributed by atoms with Gasteiger partial charge in [-0.2, -0.15) is 0 Å². The van der Waals surface area contributed by atoms with E-state index in [0.29, 0.717) is 11.4 Å². The fourth-order valence-electron chi connectivity index (χ4n) is 1.53. The van der Waals surface area contributed by atoms with Gasteiger partial charge in [-0.05, 0) is 12.1 Å². The Morgan fingerprint density at radius 2 is 2.14 bits per heavy atom. The van der Waals surface area contributed by atoms with Gasteiger partial charge in [0.25, 0.3) is 0 Å². The summed E-state index contributed by atoms with van der Waals surface area (Å²) in [7, 11) is 1.50. The number of rotatable bonds is 5. The molecule has 7 nitrogen and oxygen atoms in total. The van der Waals surface area contributed by atoms with E-state index in [0.717, 1.165) is 17.5 Å². The number of carboxylic acid groups (broad SMARTS) is 1. The molecule has 0 bridgehead atoms. The van der Waals surface area contributed by atoms with Crippen LogP contribution in [0.2, 0.25) is 0 Å². The quantitative estimate of drug-likeness (QED) is 0.757. The zero-order valence-corrected chi connectivity index (χ0v) is 13.1. The number of methoxy groups -OCH3 is 1. The molecule has 1 aromatic carbocycles. The van der Waals surface area contributed by atoms with Gasteiger partial charge < -0.3 is 20.9 Å². The molecule has 0 fully saturated rings. The summed E-state index contributed by atoms with van der Waals surface area (Å²) in [5, 5.41) is 11.8. The highest BCUT2D eigenvalue weighted by Gasteiger charge is 2.08. The molecule has 0 unspecified atom stereocenters. The lowest BCUT2D eigenvalue weighted by Gasteiger charge is -2.08. The third-order valence-corrected chi connectivity index (χ3v) is 3.37. The van der Waals surface area contributed by atoms with Crippen LogP contribution in [0, 0.1) is 0 Å². The first-order valence-electron chi connectivity index (χ1n) is 6.60. The number of nitrogens with two attached hydrogens (primary N) is 1. The minimum Gasteiger partial charge on any atom is -0.495 e. The summed E-state index contributed by atoms with van der Waals surface area (Å²) in [6.45, 7) is 0.913. The number of ether oxygens (including phenoxy) is 1. The maximum atomic E-state index is 11.4. The van der Waals surface area contributed by atoms with Crippen LogP contribution in [0.15, 0.2) is 29.3 Å². The Balaban J connectivity index is 0.000000335. The molecule has 1 heterocycles. The second-order valence-electron chi connectivity index (χ2n) is 4.21. The van der Waals surface area contributed by atoms with E-state index < -0.39 is 5.97 Å². The Morgan fingerprint density at radius 1 is 1.41 bits per heavy atom. The standard InChI is InChI=1S/C11H13NO4.C3H6N2S/c1-16-9-5-3-2-4-8(9)12-10(13)6-7-11(14)15;4-3-5-1-2-6-3/h2-5H,6-7H2,1H3,(H,12,13)(H,14,15);1-2H2,(H2,4,5). The number of nitrogens with one attached hydrogen (secondary N) is 1.